The minimum Gasteiger partial charge on any atom is -0.462 e. The Labute approximate surface area is 372 Å². The number of ether oxygens (including phenoxy) is 5. The van der Waals surface area contributed by atoms with Crippen LogP contribution in [0.25, 0.3) is 0 Å². The Morgan fingerprint density at radius 3 is 1.41 bits per heavy atom. The number of carbonyl (C=O) groups is 4. The van der Waals surface area contributed by atoms with E-state index in [2.05, 4.69) is 43.5 Å². The van der Waals surface area contributed by atoms with Gasteiger partial charge in [0.05, 0.1) is 13.0 Å². The third kappa shape index (κ3) is 32.6. The van der Waals surface area contributed by atoms with Gasteiger partial charge in [0.25, 0.3) is 0 Å². The molecule has 0 aromatic heterocycles. The van der Waals surface area contributed by atoms with Gasteiger partial charge in [-0.3, -0.25) is 19.2 Å². The van der Waals surface area contributed by atoms with Crippen LogP contribution in [0, 0.1) is 5.41 Å². The molecule has 1 amide bonds. The second kappa shape index (κ2) is 36.7. The Balaban J connectivity index is 2.41. The van der Waals surface area contributed by atoms with E-state index in [1.807, 2.05) is 13.8 Å². The molecule has 0 aromatic rings. The zero-order valence-corrected chi connectivity index (χ0v) is 40.0. The molecule has 0 saturated carbocycles. The van der Waals surface area contributed by atoms with E-state index in [1.165, 1.54) is 89.9 Å². The molecule has 61 heavy (non-hydrogen) atoms. The van der Waals surface area contributed by atoms with Crippen LogP contribution in [0.4, 0.5) is 0 Å². The topological polar surface area (TPSA) is 126 Å². The van der Waals surface area contributed by atoms with E-state index in [0.717, 1.165) is 70.6 Å². The van der Waals surface area contributed by atoms with Gasteiger partial charge in [-0.05, 0) is 78.1 Å². The summed E-state index contributed by atoms with van der Waals surface area (Å²) in [5, 5.41) is 2.77. The molecule has 0 aromatic carbocycles. The van der Waals surface area contributed by atoms with Crippen molar-refractivity contribution < 1.29 is 42.9 Å². The number of rotatable bonds is 39. The maximum atomic E-state index is 12.9. The Morgan fingerprint density at radius 2 is 0.951 bits per heavy atom. The maximum Gasteiger partial charge on any atom is 0.307 e. The summed E-state index contributed by atoms with van der Waals surface area (Å²) >= 11 is 0. The van der Waals surface area contributed by atoms with Gasteiger partial charge in [0, 0.05) is 24.8 Å². The van der Waals surface area contributed by atoms with Crippen LogP contribution < -0.4 is 5.32 Å². The van der Waals surface area contributed by atoms with Crippen LogP contribution in [0.15, 0.2) is 24.3 Å². The Morgan fingerprint density at radius 1 is 0.557 bits per heavy atom. The van der Waals surface area contributed by atoms with Gasteiger partial charge in [-0.1, -0.05) is 155 Å². The summed E-state index contributed by atoms with van der Waals surface area (Å²) in [4.78, 5) is 51.0. The van der Waals surface area contributed by atoms with Crippen molar-refractivity contribution in [3.05, 3.63) is 24.3 Å². The number of nitrogens with one attached hydrogen (secondary N) is 1. The fraction of sp³-hybridized carbons (Fsp3) is 0.843. The first-order chi connectivity index (χ1) is 29.4. The summed E-state index contributed by atoms with van der Waals surface area (Å²) < 4.78 is 28.2. The fourth-order valence-electron chi connectivity index (χ4n) is 7.26. The van der Waals surface area contributed by atoms with E-state index in [-0.39, 0.29) is 50.9 Å². The van der Waals surface area contributed by atoms with Gasteiger partial charge in [-0.25, -0.2) is 0 Å². The maximum absolute atomic E-state index is 12.9. The smallest absolute Gasteiger partial charge is 0.307 e. The van der Waals surface area contributed by atoms with Crippen molar-refractivity contribution in [3.8, 4) is 0 Å². The van der Waals surface area contributed by atoms with Crippen molar-refractivity contribution in [1.29, 1.82) is 0 Å². The number of hydrogen-bond donors (Lipinski definition) is 1. The lowest BCUT2D eigenvalue weighted by Gasteiger charge is -2.44. The first kappa shape index (κ1) is 56.3. The molecule has 1 N–H and O–H groups in total. The molecule has 2 unspecified atom stereocenters. The van der Waals surface area contributed by atoms with Crippen molar-refractivity contribution in [2.24, 2.45) is 5.41 Å². The van der Waals surface area contributed by atoms with Crippen LogP contribution in [-0.2, 0) is 42.9 Å². The predicted octanol–water partition coefficient (Wildman–Crippen LogP) is 12.7. The molecule has 354 valence electrons. The average molecular weight is 862 g/mol. The zero-order chi connectivity index (χ0) is 44.9. The van der Waals surface area contributed by atoms with Gasteiger partial charge in [-0.2, -0.15) is 0 Å². The Hall–Kier alpha value is -2.72. The van der Waals surface area contributed by atoms with Gasteiger partial charge in [0.15, 0.2) is 11.9 Å². The molecule has 1 fully saturated rings. The van der Waals surface area contributed by atoms with Gasteiger partial charge in [0.1, 0.15) is 19.3 Å². The first-order valence-corrected chi connectivity index (χ1v) is 24.8. The van der Waals surface area contributed by atoms with Crippen molar-refractivity contribution in [1.82, 2.24) is 5.32 Å². The van der Waals surface area contributed by atoms with E-state index in [4.69, 9.17) is 23.7 Å². The van der Waals surface area contributed by atoms with Gasteiger partial charge >= 0.3 is 17.9 Å². The summed E-state index contributed by atoms with van der Waals surface area (Å²) in [6.07, 6.45) is 38.6. The van der Waals surface area contributed by atoms with Crippen molar-refractivity contribution in [2.75, 3.05) is 26.4 Å². The quantitative estimate of drug-likeness (QED) is 0.0278. The summed E-state index contributed by atoms with van der Waals surface area (Å²) in [5.41, 5.74) is -0.539. The number of esters is 3. The Bertz CT molecular complexity index is 1200. The summed E-state index contributed by atoms with van der Waals surface area (Å²) in [6.45, 7) is 11.8. The molecule has 1 saturated heterocycles. The van der Waals surface area contributed by atoms with E-state index >= 15 is 0 Å². The first-order valence-electron chi connectivity index (χ1n) is 24.8. The van der Waals surface area contributed by atoms with Gasteiger partial charge in [-0.15, -0.1) is 0 Å². The molecule has 2 atom stereocenters. The standard InChI is InChI=1S/C51H91NO9/c1-7-9-11-13-15-17-19-21-23-25-27-29-31-33-35-37-45(53)57-41-44(42-58-46(54)39-40-52-49(56)48-50(3,4)43-59-51(5,6)61-48)60-47(55)38-36-34-32-30-28-26-24-22-20-18-16-14-12-10-8-2/h21-24,44,48H,7-20,25-43H2,1-6H3,(H,52,56)/b23-21-,24-22-. The van der Waals surface area contributed by atoms with Crippen molar-refractivity contribution >= 4 is 23.8 Å². The average Bonchev–Trinajstić information content (AvgIpc) is 3.22. The number of allylic oxidation sites excluding steroid dienone is 4. The predicted molar refractivity (Wildman–Crippen MR) is 247 cm³/mol. The van der Waals surface area contributed by atoms with Crippen LogP contribution in [0.2, 0.25) is 0 Å². The van der Waals surface area contributed by atoms with Crippen molar-refractivity contribution in [3.63, 3.8) is 0 Å². The van der Waals surface area contributed by atoms with Crippen LogP contribution in [-0.4, -0.2) is 68.2 Å². The lowest BCUT2D eigenvalue weighted by Crippen LogP contribution is -2.56. The molecule has 1 aliphatic heterocycles. The summed E-state index contributed by atoms with van der Waals surface area (Å²) in [6, 6.07) is 0. The van der Waals surface area contributed by atoms with Crippen LogP contribution >= 0.6 is 0 Å². The lowest BCUT2D eigenvalue weighted by atomic mass is 9.85. The van der Waals surface area contributed by atoms with E-state index in [9.17, 15) is 19.2 Å². The monoisotopic (exact) mass is 862 g/mol. The number of carbonyl (C=O) groups excluding carboxylic acids is 4. The minimum absolute atomic E-state index is 0.0553. The second-order valence-electron chi connectivity index (χ2n) is 18.4. The number of unbranched alkanes of at least 4 members (excludes halogenated alkanes) is 22. The number of amides is 1. The molecule has 1 rings (SSSR count). The largest absolute Gasteiger partial charge is 0.462 e. The second-order valence-corrected chi connectivity index (χ2v) is 18.4. The molecule has 0 aliphatic carbocycles. The molecule has 1 heterocycles. The van der Waals surface area contributed by atoms with E-state index < -0.39 is 35.3 Å². The molecule has 0 radical (unpaired) electrons. The molecular weight excluding hydrogens is 771 g/mol. The van der Waals surface area contributed by atoms with Crippen LogP contribution in [0.5, 0.6) is 0 Å². The highest BCUT2D eigenvalue weighted by atomic mass is 16.7. The van der Waals surface area contributed by atoms with Crippen molar-refractivity contribution in [2.45, 2.75) is 246 Å². The van der Waals surface area contributed by atoms with Crippen LogP contribution in [0.3, 0.4) is 0 Å². The minimum atomic E-state index is -0.911. The fourth-order valence-corrected chi connectivity index (χ4v) is 7.26. The highest BCUT2D eigenvalue weighted by molar-refractivity contribution is 5.82. The SMILES string of the molecule is CCCCCCCC/C=C\CCCCCCCC(=O)OCC(COC(=O)CCNC(=O)C1OC(C)(C)OCC1(C)C)OC(=O)CCCCCCC/C=C\CCCCCCCC. The zero-order valence-electron chi connectivity index (χ0n) is 40.0. The summed E-state index contributed by atoms with van der Waals surface area (Å²) in [5.74, 6) is -2.53. The normalized spacial score (nSPS) is 16.5. The van der Waals surface area contributed by atoms with E-state index in [1.54, 1.807) is 13.8 Å². The lowest BCUT2D eigenvalue weighted by molar-refractivity contribution is -0.304. The Kier molecular flexibility index (Phi) is 33.9. The van der Waals surface area contributed by atoms with Gasteiger partial charge in [0.2, 0.25) is 5.91 Å². The third-order valence-corrected chi connectivity index (χ3v) is 11.2. The molecule has 1 aliphatic rings. The third-order valence-electron chi connectivity index (χ3n) is 11.2. The van der Waals surface area contributed by atoms with Gasteiger partial charge < -0.3 is 29.0 Å². The van der Waals surface area contributed by atoms with E-state index in [0.29, 0.717) is 13.0 Å². The molecular formula is C51H91NO9. The molecule has 10 nitrogen and oxygen atoms in total. The molecule has 10 heteroatoms. The molecule has 0 bridgehead atoms. The number of hydrogen-bond acceptors (Lipinski definition) is 9. The highest BCUT2D eigenvalue weighted by Gasteiger charge is 2.45. The summed E-state index contributed by atoms with van der Waals surface area (Å²) in [7, 11) is 0. The molecule has 0 spiro atoms. The van der Waals surface area contributed by atoms with Crippen LogP contribution in [0.1, 0.15) is 228 Å². The highest BCUT2D eigenvalue weighted by Crippen LogP contribution is 2.34.